The second-order valence-electron chi connectivity index (χ2n) is 8.81. The van der Waals surface area contributed by atoms with Crippen LogP contribution in [0, 0.1) is 5.82 Å². The summed E-state index contributed by atoms with van der Waals surface area (Å²) in [4.78, 5) is 29.5. The van der Waals surface area contributed by atoms with Crippen molar-refractivity contribution >= 4 is 27.3 Å². The molecule has 37 heavy (non-hydrogen) atoms. The largest absolute Gasteiger partial charge is 0.337 e. The van der Waals surface area contributed by atoms with Crippen LogP contribution in [-0.4, -0.2) is 32.2 Å². The van der Waals surface area contributed by atoms with E-state index in [1.165, 1.54) is 58.3 Å². The minimum atomic E-state index is -4.10. The third-order valence-corrected chi connectivity index (χ3v) is 8.19. The lowest BCUT2D eigenvalue weighted by atomic mass is 10.1. The van der Waals surface area contributed by atoms with E-state index in [-0.39, 0.29) is 44.6 Å². The van der Waals surface area contributed by atoms with Crippen molar-refractivity contribution in [2.24, 2.45) is 0 Å². The van der Waals surface area contributed by atoms with Gasteiger partial charge in [-0.1, -0.05) is 60.7 Å². The maximum absolute atomic E-state index is 14.6. The lowest BCUT2D eigenvalue weighted by Crippen LogP contribution is -2.31. The number of hydrogen-bond acceptors (Lipinski definition) is 4. The van der Waals surface area contributed by atoms with E-state index in [4.69, 9.17) is 0 Å². The molecule has 0 unspecified atom stereocenters. The lowest BCUT2D eigenvalue weighted by Gasteiger charge is -2.24. The molecule has 0 spiro atoms. The molecule has 0 fully saturated rings. The Morgan fingerprint density at radius 1 is 0.865 bits per heavy atom. The first kappa shape index (κ1) is 24.4. The predicted molar refractivity (Wildman–Crippen MR) is 137 cm³/mol. The van der Waals surface area contributed by atoms with Crippen LogP contribution in [0.2, 0.25) is 0 Å². The maximum Gasteiger partial charge on any atom is 0.259 e. The van der Waals surface area contributed by atoms with Crippen LogP contribution in [0.3, 0.4) is 0 Å². The van der Waals surface area contributed by atoms with Gasteiger partial charge in [-0.2, -0.15) is 0 Å². The van der Waals surface area contributed by atoms with Crippen LogP contribution in [0.15, 0.2) is 107 Å². The van der Waals surface area contributed by atoms with Gasteiger partial charge in [-0.3, -0.25) is 9.59 Å². The van der Waals surface area contributed by atoms with Crippen LogP contribution in [0.1, 0.15) is 31.8 Å². The van der Waals surface area contributed by atoms with Gasteiger partial charge in [0.1, 0.15) is 5.82 Å². The molecule has 4 aromatic carbocycles. The van der Waals surface area contributed by atoms with Gasteiger partial charge in [0.15, 0.2) is 0 Å². The molecule has 0 atom stereocenters. The summed E-state index contributed by atoms with van der Waals surface area (Å²) < 4.78 is 41.9. The second kappa shape index (κ2) is 9.63. The molecule has 0 saturated carbocycles. The summed E-state index contributed by atoms with van der Waals surface area (Å²) in [5.41, 5.74) is 1.39. The SMILES string of the molecule is CN(Cc1ccccc1)C(=O)c1ccc2c(c1)N(Cc1ccccc1F)C(=O)c1ccccc1S2(=O)=O. The number of carbonyl (C=O) groups is 2. The Balaban J connectivity index is 1.63. The van der Waals surface area contributed by atoms with Gasteiger partial charge < -0.3 is 9.80 Å². The molecule has 0 aliphatic carbocycles. The number of nitrogens with zero attached hydrogens (tertiary/aromatic N) is 2. The number of amides is 2. The molecule has 186 valence electrons. The minimum Gasteiger partial charge on any atom is -0.337 e. The van der Waals surface area contributed by atoms with E-state index in [1.807, 2.05) is 30.3 Å². The van der Waals surface area contributed by atoms with E-state index in [2.05, 4.69) is 0 Å². The minimum absolute atomic E-state index is 0.0101. The lowest BCUT2D eigenvalue weighted by molar-refractivity contribution is 0.0784. The van der Waals surface area contributed by atoms with Gasteiger partial charge in [-0.15, -0.1) is 0 Å². The van der Waals surface area contributed by atoms with E-state index in [0.717, 1.165) is 5.56 Å². The summed E-state index contributed by atoms with van der Waals surface area (Å²) in [7, 11) is -2.45. The van der Waals surface area contributed by atoms with E-state index in [9.17, 15) is 22.4 Å². The third-order valence-electron chi connectivity index (χ3n) is 6.33. The van der Waals surface area contributed by atoms with Gasteiger partial charge in [0.05, 0.1) is 27.6 Å². The molecular weight excluding hydrogens is 491 g/mol. The van der Waals surface area contributed by atoms with E-state index in [1.54, 1.807) is 25.2 Å². The Morgan fingerprint density at radius 3 is 2.30 bits per heavy atom. The van der Waals surface area contributed by atoms with Crippen LogP contribution in [-0.2, 0) is 22.9 Å². The first-order chi connectivity index (χ1) is 17.8. The molecule has 1 heterocycles. The monoisotopic (exact) mass is 514 g/mol. The van der Waals surface area contributed by atoms with Crippen molar-refractivity contribution in [3.63, 3.8) is 0 Å². The van der Waals surface area contributed by atoms with Gasteiger partial charge in [-0.25, -0.2) is 12.8 Å². The van der Waals surface area contributed by atoms with Crippen LogP contribution < -0.4 is 4.90 Å². The van der Waals surface area contributed by atoms with E-state index < -0.39 is 21.6 Å². The fraction of sp³-hybridized carbons (Fsp3) is 0.103. The standard InChI is InChI=1S/C29H23FN2O4S/c1-31(18-20-9-3-2-4-10-20)28(33)21-15-16-27-25(17-21)32(19-22-11-5-7-13-24(22)30)29(34)23-12-6-8-14-26(23)37(27,35)36/h2-17H,18-19H2,1H3. The van der Waals surface area contributed by atoms with E-state index in [0.29, 0.717) is 6.54 Å². The zero-order valence-electron chi connectivity index (χ0n) is 20.0. The van der Waals surface area contributed by atoms with Crippen molar-refractivity contribution in [1.82, 2.24) is 4.90 Å². The van der Waals surface area contributed by atoms with Crippen molar-refractivity contribution < 1.29 is 22.4 Å². The Kier molecular flexibility index (Phi) is 6.35. The van der Waals surface area contributed by atoms with Gasteiger partial charge in [0, 0.05) is 24.7 Å². The van der Waals surface area contributed by atoms with Crippen molar-refractivity contribution in [3.05, 3.63) is 125 Å². The molecule has 2 amide bonds. The number of benzene rings is 4. The molecule has 0 saturated heterocycles. The first-order valence-corrected chi connectivity index (χ1v) is 13.1. The van der Waals surface area contributed by atoms with Crippen LogP contribution in [0.25, 0.3) is 0 Å². The highest BCUT2D eigenvalue weighted by Crippen LogP contribution is 2.38. The van der Waals surface area contributed by atoms with Gasteiger partial charge in [0.25, 0.3) is 11.8 Å². The van der Waals surface area contributed by atoms with Crippen molar-refractivity contribution in [3.8, 4) is 0 Å². The highest BCUT2D eigenvalue weighted by atomic mass is 32.2. The summed E-state index contributed by atoms with van der Waals surface area (Å²) in [5, 5.41) is 0. The van der Waals surface area contributed by atoms with Gasteiger partial charge in [-0.05, 0) is 42.0 Å². The molecular formula is C29H23FN2O4S. The second-order valence-corrected chi connectivity index (χ2v) is 10.7. The van der Waals surface area contributed by atoms with Gasteiger partial charge >= 0.3 is 0 Å². The number of sulfone groups is 1. The number of hydrogen-bond donors (Lipinski definition) is 0. The highest BCUT2D eigenvalue weighted by molar-refractivity contribution is 7.91. The van der Waals surface area contributed by atoms with E-state index >= 15 is 0 Å². The summed E-state index contributed by atoms with van der Waals surface area (Å²) in [6.45, 7) is 0.137. The topological polar surface area (TPSA) is 74.8 Å². The molecule has 0 bridgehead atoms. The van der Waals surface area contributed by atoms with Crippen molar-refractivity contribution in [2.45, 2.75) is 22.9 Å². The predicted octanol–water partition coefficient (Wildman–Crippen LogP) is 5.09. The Hall–Kier alpha value is -4.30. The number of halogens is 1. The molecule has 6 nitrogen and oxygen atoms in total. The number of fused-ring (bicyclic) bond motifs is 2. The number of anilines is 1. The summed E-state index contributed by atoms with van der Waals surface area (Å²) in [5.74, 6) is -1.46. The molecule has 1 aliphatic rings. The quantitative estimate of drug-likeness (QED) is 0.372. The van der Waals surface area contributed by atoms with Crippen LogP contribution >= 0.6 is 0 Å². The third kappa shape index (κ3) is 4.51. The average molecular weight is 515 g/mol. The molecule has 8 heteroatoms. The Morgan fingerprint density at radius 2 is 1.54 bits per heavy atom. The molecule has 0 radical (unpaired) electrons. The molecule has 1 aliphatic heterocycles. The zero-order chi connectivity index (χ0) is 26.2. The molecule has 0 aromatic heterocycles. The molecule has 4 aromatic rings. The maximum atomic E-state index is 14.6. The van der Waals surface area contributed by atoms with Crippen molar-refractivity contribution in [2.75, 3.05) is 11.9 Å². The van der Waals surface area contributed by atoms with Crippen LogP contribution in [0.4, 0.5) is 10.1 Å². The van der Waals surface area contributed by atoms with Crippen molar-refractivity contribution in [1.29, 1.82) is 0 Å². The smallest absolute Gasteiger partial charge is 0.259 e. The fourth-order valence-corrected chi connectivity index (χ4v) is 6.07. The van der Waals surface area contributed by atoms with Gasteiger partial charge in [0.2, 0.25) is 9.84 Å². The Labute approximate surface area is 214 Å². The highest BCUT2D eigenvalue weighted by Gasteiger charge is 2.36. The molecule has 0 N–H and O–H groups in total. The molecule has 5 rings (SSSR count). The number of carbonyl (C=O) groups excluding carboxylic acids is 2. The van der Waals surface area contributed by atoms with Crippen LogP contribution in [0.5, 0.6) is 0 Å². The summed E-state index contributed by atoms with van der Waals surface area (Å²) in [6.07, 6.45) is 0. The fourth-order valence-electron chi connectivity index (χ4n) is 4.44. The normalized spacial score (nSPS) is 13.9. The summed E-state index contributed by atoms with van der Waals surface area (Å²) >= 11 is 0. The summed E-state index contributed by atoms with van der Waals surface area (Å²) in [6, 6.07) is 25.6. The Bertz CT molecular complexity index is 1620. The number of rotatable bonds is 5. The average Bonchev–Trinajstić information content (AvgIpc) is 2.98. The zero-order valence-corrected chi connectivity index (χ0v) is 20.8. The first-order valence-electron chi connectivity index (χ1n) is 11.6.